The number of thioether (sulfide) groups is 1. The zero-order chi connectivity index (χ0) is 12.1. The Labute approximate surface area is 97.8 Å². The number of nitrogens with two attached hydrogens (primary N) is 1. The van der Waals surface area contributed by atoms with Crippen molar-refractivity contribution in [3.63, 3.8) is 0 Å². The summed E-state index contributed by atoms with van der Waals surface area (Å²) in [6, 6.07) is 3.98. The molecule has 16 heavy (non-hydrogen) atoms. The van der Waals surface area contributed by atoms with Crippen LogP contribution in [0.3, 0.4) is 0 Å². The average Bonchev–Trinajstić information content (AvgIpc) is 2.22. The fourth-order valence-corrected chi connectivity index (χ4v) is 2.40. The maximum Gasteiger partial charge on any atom is 0.316 e. The number of carbonyl (C=O) groups is 1. The molecule has 0 heterocycles. The molecule has 0 aliphatic heterocycles. The highest BCUT2D eigenvalue weighted by Crippen LogP contribution is 2.31. The predicted molar refractivity (Wildman–Crippen MR) is 63.0 cm³/mol. The summed E-state index contributed by atoms with van der Waals surface area (Å²) in [6.45, 7) is 1.91. The normalized spacial score (nSPS) is 12.4. The molecule has 1 unspecified atom stereocenters. The molecule has 1 aromatic rings. The lowest BCUT2D eigenvalue weighted by Gasteiger charge is -2.12. The number of nitrogen functional groups attached to an aromatic ring is 1. The minimum atomic E-state index is -0.893. The molecule has 1 atom stereocenters. The van der Waals surface area contributed by atoms with E-state index in [9.17, 15) is 9.18 Å². The van der Waals surface area contributed by atoms with Gasteiger partial charge in [0.05, 0.1) is 0 Å². The van der Waals surface area contributed by atoms with E-state index in [0.29, 0.717) is 17.0 Å². The Bertz CT molecular complexity index is 384. The van der Waals surface area contributed by atoms with E-state index in [0.717, 1.165) is 18.2 Å². The van der Waals surface area contributed by atoms with Gasteiger partial charge in [0.1, 0.15) is 11.1 Å². The summed E-state index contributed by atoms with van der Waals surface area (Å²) in [6.07, 6.45) is 1.30. The molecule has 0 spiro atoms. The van der Waals surface area contributed by atoms with Crippen LogP contribution in [0.15, 0.2) is 23.1 Å². The smallest absolute Gasteiger partial charge is 0.316 e. The molecular formula is C11H14FNO2S. The van der Waals surface area contributed by atoms with Crippen molar-refractivity contribution >= 4 is 23.4 Å². The summed E-state index contributed by atoms with van der Waals surface area (Å²) < 4.78 is 13.0. The van der Waals surface area contributed by atoms with Gasteiger partial charge in [-0.25, -0.2) is 4.39 Å². The van der Waals surface area contributed by atoms with Crippen LogP contribution in [0.1, 0.15) is 19.8 Å². The summed E-state index contributed by atoms with van der Waals surface area (Å²) in [5.41, 5.74) is 6.06. The maximum absolute atomic E-state index is 13.0. The SMILES string of the molecule is CCCC(Sc1cc(F)ccc1N)C(=O)O. The number of carboxylic acids is 1. The highest BCUT2D eigenvalue weighted by molar-refractivity contribution is 8.00. The molecule has 0 bridgehead atoms. The van der Waals surface area contributed by atoms with Gasteiger partial charge in [-0.2, -0.15) is 0 Å². The van der Waals surface area contributed by atoms with E-state index in [1.54, 1.807) is 0 Å². The van der Waals surface area contributed by atoms with Crippen LogP contribution >= 0.6 is 11.8 Å². The van der Waals surface area contributed by atoms with Crippen LogP contribution in [0.4, 0.5) is 10.1 Å². The fourth-order valence-electron chi connectivity index (χ4n) is 1.26. The summed E-state index contributed by atoms with van der Waals surface area (Å²) in [5.74, 6) is -1.30. The Morgan fingerprint density at radius 2 is 2.31 bits per heavy atom. The summed E-state index contributed by atoms with van der Waals surface area (Å²) in [7, 11) is 0. The third-order valence-corrected chi connectivity index (χ3v) is 3.40. The topological polar surface area (TPSA) is 63.3 Å². The summed E-state index contributed by atoms with van der Waals surface area (Å²) in [4.78, 5) is 11.4. The van der Waals surface area contributed by atoms with Crippen LogP contribution in [0.2, 0.25) is 0 Å². The lowest BCUT2D eigenvalue weighted by molar-refractivity contribution is -0.136. The van der Waals surface area contributed by atoms with Gasteiger partial charge < -0.3 is 10.8 Å². The van der Waals surface area contributed by atoms with Crippen molar-refractivity contribution in [2.45, 2.75) is 29.9 Å². The van der Waals surface area contributed by atoms with Gasteiger partial charge in [-0.3, -0.25) is 4.79 Å². The van der Waals surface area contributed by atoms with Crippen molar-refractivity contribution in [1.82, 2.24) is 0 Å². The number of rotatable bonds is 5. The Kier molecular flexibility index (Phi) is 4.61. The first-order valence-electron chi connectivity index (χ1n) is 4.99. The minimum Gasteiger partial charge on any atom is -0.480 e. The Morgan fingerprint density at radius 3 is 2.88 bits per heavy atom. The summed E-state index contributed by atoms with van der Waals surface area (Å²) >= 11 is 1.10. The Hall–Kier alpha value is -1.23. The van der Waals surface area contributed by atoms with Crippen molar-refractivity contribution in [1.29, 1.82) is 0 Å². The number of halogens is 1. The van der Waals surface area contributed by atoms with E-state index < -0.39 is 17.0 Å². The Balaban J connectivity index is 2.84. The average molecular weight is 243 g/mol. The quantitative estimate of drug-likeness (QED) is 0.616. The summed E-state index contributed by atoms with van der Waals surface area (Å²) in [5, 5.41) is 8.40. The van der Waals surface area contributed by atoms with E-state index in [4.69, 9.17) is 10.8 Å². The van der Waals surface area contributed by atoms with E-state index in [1.807, 2.05) is 6.92 Å². The first kappa shape index (κ1) is 12.8. The van der Waals surface area contributed by atoms with Gasteiger partial charge in [0.2, 0.25) is 0 Å². The van der Waals surface area contributed by atoms with Gasteiger partial charge >= 0.3 is 5.97 Å². The van der Waals surface area contributed by atoms with Gasteiger partial charge in [-0.15, -0.1) is 11.8 Å². The zero-order valence-electron chi connectivity index (χ0n) is 8.94. The van der Waals surface area contributed by atoms with Crippen LogP contribution in [-0.2, 0) is 4.79 Å². The maximum atomic E-state index is 13.0. The van der Waals surface area contributed by atoms with Crippen LogP contribution in [0.25, 0.3) is 0 Å². The third-order valence-electron chi connectivity index (χ3n) is 2.07. The van der Waals surface area contributed by atoms with E-state index >= 15 is 0 Å². The predicted octanol–water partition coefficient (Wildman–Crippen LogP) is 2.75. The van der Waals surface area contributed by atoms with Crippen molar-refractivity contribution < 1.29 is 14.3 Å². The molecule has 3 nitrogen and oxygen atoms in total. The molecule has 1 aromatic carbocycles. The minimum absolute atomic E-state index is 0.405. The van der Waals surface area contributed by atoms with Gasteiger partial charge in [-0.05, 0) is 24.6 Å². The van der Waals surface area contributed by atoms with Crippen molar-refractivity contribution in [2.24, 2.45) is 0 Å². The molecule has 0 saturated carbocycles. The molecule has 0 fully saturated rings. The molecule has 0 saturated heterocycles. The third kappa shape index (κ3) is 3.41. The van der Waals surface area contributed by atoms with Crippen LogP contribution in [0, 0.1) is 5.82 Å². The van der Waals surface area contributed by atoms with Gasteiger partial charge in [0.25, 0.3) is 0 Å². The van der Waals surface area contributed by atoms with E-state index in [2.05, 4.69) is 0 Å². The number of hydrogen-bond acceptors (Lipinski definition) is 3. The van der Waals surface area contributed by atoms with Gasteiger partial charge in [0, 0.05) is 10.6 Å². The molecule has 3 N–H and O–H groups in total. The number of anilines is 1. The largest absolute Gasteiger partial charge is 0.480 e. The van der Waals surface area contributed by atoms with Crippen molar-refractivity contribution in [3.05, 3.63) is 24.0 Å². The van der Waals surface area contributed by atoms with E-state index in [-0.39, 0.29) is 0 Å². The highest BCUT2D eigenvalue weighted by Gasteiger charge is 2.19. The first-order valence-corrected chi connectivity index (χ1v) is 5.87. The first-order chi connectivity index (χ1) is 7.54. The number of hydrogen-bond donors (Lipinski definition) is 2. The Morgan fingerprint density at radius 1 is 1.62 bits per heavy atom. The molecule has 88 valence electrons. The second kappa shape index (κ2) is 5.75. The molecule has 0 aliphatic carbocycles. The van der Waals surface area contributed by atoms with Gasteiger partial charge in [0.15, 0.2) is 0 Å². The van der Waals surface area contributed by atoms with E-state index in [1.165, 1.54) is 18.2 Å². The number of benzene rings is 1. The number of carboxylic acid groups (broad SMARTS) is 1. The molecule has 0 aromatic heterocycles. The fraction of sp³-hybridized carbons (Fsp3) is 0.364. The second-order valence-corrected chi connectivity index (χ2v) is 4.66. The lowest BCUT2D eigenvalue weighted by atomic mass is 10.2. The van der Waals surface area contributed by atoms with Crippen LogP contribution in [-0.4, -0.2) is 16.3 Å². The number of aliphatic carboxylic acids is 1. The van der Waals surface area contributed by atoms with Crippen LogP contribution < -0.4 is 5.73 Å². The molecule has 0 aliphatic rings. The van der Waals surface area contributed by atoms with Crippen molar-refractivity contribution in [2.75, 3.05) is 5.73 Å². The monoisotopic (exact) mass is 243 g/mol. The molecule has 1 rings (SSSR count). The molecule has 5 heteroatoms. The standard InChI is InChI=1S/C11H14FNO2S/c1-2-3-9(11(14)15)16-10-6-7(12)4-5-8(10)13/h4-6,9H,2-3,13H2,1H3,(H,14,15). The lowest BCUT2D eigenvalue weighted by Crippen LogP contribution is -2.16. The van der Waals surface area contributed by atoms with Crippen molar-refractivity contribution in [3.8, 4) is 0 Å². The molecule has 0 amide bonds. The molecular weight excluding hydrogens is 229 g/mol. The molecule has 0 radical (unpaired) electrons. The van der Waals surface area contributed by atoms with Gasteiger partial charge in [-0.1, -0.05) is 13.3 Å². The second-order valence-electron chi connectivity index (χ2n) is 3.42. The zero-order valence-corrected chi connectivity index (χ0v) is 9.76. The van der Waals surface area contributed by atoms with Crippen LogP contribution in [0.5, 0.6) is 0 Å². The highest BCUT2D eigenvalue weighted by atomic mass is 32.2.